The molecule has 1 aromatic carbocycles. The molecule has 2 aliphatic rings. The van der Waals surface area contributed by atoms with Gasteiger partial charge in [0, 0.05) is 36.7 Å². The van der Waals surface area contributed by atoms with E-state index < -0.39 is 0 Å². The smallest absolute Gasteiger partial charge is 0.140 e. The monoisotopic (exact) mass is 269 g/mol. The van der Waals surface area contributed by atoms with Crippen molar-refractivity contribution in [2.24, 2.45) is 0 Å². The van der Waals surface area contributed by atoms with Crippen molar-refractivity contribution in [3.63, 3.8) is 0 Å². The number of nitrogens with two attached hydrogens (primary N) is 1. The Morgan fingerprint density at radius 2 is 2.10 bits per heavy atom. The minimum absolute atomic E-state index is 0.690. The van der Waals surface area contributed by atoms with Gasteiger partial charge in [-0.25, -0.2) is 9.97 Å². The summed E-state index contributed by atoms with van der Waals surface area (Å²) in [4.78, 5) is 13.9. The predicted octanol–water partition coefficient (Wildman–Crippen LogP) is 1.50. The fourth-order valence-electron chi connectivity index (χ4n) is 3.50. The number of nitrogen functional groups attached to an aromatic ring is 1. The summed E-state index contributed by atoms with van der Waals surface area (Å²) < 4.78 is 0. The molecule has 2 aliphatic heterocycles. The molecular weight excluding hydrogens is 250 g/mol. The summed E-state index contributed by atoms with van der Waals surface area (Å²) in [5, 5.41) is 1.07. The van der Waals surface area contributed by atoms with Gasteiger partial charge in [-0.1, -0.05) is 0 Å². The first-order valence-corrected chi connectivity index (χ1v) is 7.30. The Kier molecular flexibility index (Phi) is 2.73. The number of anilines is 2. The van der Waals surface area contributed by atoms with Crippen LogP contribution in [0.5, 0.6) is 0 Å². The van der Waals surface area contributed by atoms with Crippen molar-refractivity contribution in [2.75, 3.05) is 36.8 Å². The Labute approximate surface area is 118 Å². The normalized spacial score (nSPS) is 23.2. The van der Waals surface area contributed by atoms with Crippen LogP contribution in [-0.4, -0.2) is 47.1 Å². The van der Waals surface area contributed by atoms with Gasteiger partial charge in [-0.05, 0) is 37.6 Å². The maximum Gasteiger partial charge on any atom is 0.140 e. The summed E-state index contributed by atoms with van der Waals surface area (Å²) in [6, 6.07) is 6.55. The number of fused-ring (bicyclic) bond motifs is 2. The zero-order chi connectivity index (χ0) is 13.5. The van der Waals surface area contributed by atoms with E-state index in [0.717, 1.165) is 42.0 Å². The van der Waals surface area contributed by atoms with Crippen molar-refractivity contribution in [3.8, 4) is 0 Å². The molecule has 2 saturated heterocycles. The first-order valence-electron chi connectivity index (χ1n) is 7.30. The van der Waals surface area contributed by atoms with E-state index in [1.54, 1.807) is 6.33 Å². The second-order valence-corrected chi connectivity index (χ2v) is 5.75. The first kappa shape index (κ1) is 11.9. The van der Waals surface area contributed by atoms with E-state index in [9.17, 15) is 0 Å². The SMILES string of the molecule is Nc1ccc2ncnc(N3CCN4CCC[C@H]4C3)c2c1. The Bertz CT molecular complexity index is 641. The summed E-state index contributed by atoms with van der Waals surface area (Å²) in [5.74, 6) is 1.04. The van der Waals surface area contributed by atoms with Crippen LogP contribution in [0, 0.1) is 0 Å². The average Bonchev–Trinajstić information content (AvgIpc) is 2.94. The number of nitrogens with zero attached hydrogens (tertiary/aromatic N) is 4. The number of hydrogen-bond acceptors (Lipinski definition) is 5. The molecule has 2 aromatic rings. The Morgan fingerprint density at radius 1 is 1.15 bits per heavy atom. The highest BCUT2D eigenvalue weighted by Crippen LogP contribution is 2.29. The number of hydrogen-bond donors (Lipinski definition) is 1. The molecule has 0 spiro atoms. The van der Waals surface area contributed by atoms with Crippen molar-refractivity contribution in [2.45, 2.75) is 18.9 Å². The molecule has 3 heterocycles. The lowest BCUT2D eigenvalue weighted by atomic mass is 10.1. The molecule has 0 saturated carbocycles. The molecule has 0 unspecified atom stereocenters. The van der Waals surface area contributed by atoms with E-state index >= 15 is 0 Å². The van der Waals surface area contributed by atoms with Crippen LogP contribution in [0.4, 0.5) is 11.5 Å². The minimum Gasteiger partial charge on any atom is -0.399 e. The fourth-order valence-corrected chi connectivity index (χ4v) is 3.50. The largest absolute Gasteiger partial charge is 0.399 e. The van der Waals surface area contributed by atoms with Crippen LogP contribution in [0.1, 0.15) is 12.8 Å². The van der Waals surface area contributed by atoms with Crippen molar-refractivity contribution in [1.82, 2.24) is 14.9 Å². The van der Waals surface area contributed by atoms with Crippen molar-refractivity contribution in [3.05, 3.63) is 24.5 Å². The third-order valence-corrected chi connectivity index (χ3v) is 4.53. The Balaban J connectivity index is 1.73. The van der Waals surface area contributed by atoms with E-state index in [1.165, 1.54) is 19.4 Å². The molecular formula is C15H19N5. The zero-order valence-electron chi connectivity index (χ0n) is 11.5. The third-order valence-electron chi connectivity index (χ3n) is 4.53. The van der Waals surface area contributed by atoms with Crippen molar-refractivity contribution < 1.29 is 0 Å². The summed E-state index contributed by atoms with van der Waals surface area (Å²) in [6.45, 7) is 4.51. The van der Waals surface area contributed by atoms with Crippen molar-refractivity contribution in [1.29, 1.82) is 0 Å². The molecule has 0 aliphatic carbocycles. The van der Waals surface area contributed by atoms with Crippen molar-refractivity contribution >= 4 is 22.4 Å². The summed E-state index contributed by atoms with van der Waals surface area (Å²) in [6.07, 6.45) is 4.30. The molecule has 1 aromatic heterocycles. The zero-order valence-corrected chi connectivity index (χ0v) is 11.5. The summed E-state index contributed by atoms with van der Waals surface area (Å²) >= 11 is 0. The third kappa shape index (κ3) is 1.89. The van der Waals surface area contributed by atoms with Gasteiger partial charge in [-0.2, -0.15) is 0 Å². The summed E-state index contributed by atoms with van der Waals surface area (Å²) in [7, 11) is 0. The van der Waals surface area contributed by atoms with Gasteiger partial charge in [0.25, 0.3) is 0 Å². The maximum atomic E-state index is 5.93. The minimum atomic E-state index is 0.690. The lowest BCUT2D eigenvalue weighted by Crippen LogP contribution is -2.50. The van der Waals surface area contributed by atoms with E-state index in [2.05, 4.69) is 19.8 Å². The van der Waals surface area contributed by atoms with Crippen LogP contribution in [0.15, 0.2) is 24.5 Å². The topological polar surface area (TPSA) is 58.3 Å². The predicted molar refractivity (Wildman–Crippen MR) is 80.8 cm³/mol. The van der Waals surface area contributed by atoms with E-state index in [-0.39, 0.29) is 0 Å². The molecule has 2 N–H and O–H groups in total. The molecule has 0 bridgehead atoms. The molecule has 4 rings (SSSR count). The molecule has 0 amide bonds. The highest BCUT2D eigenvalue weighted by Gasteiger charge is 2.31. The van der Waals surface area contributed by atoms with Gasteiger partial charge < -0.3 is 10.6 Å². The Morgan fingerprint density at radius 3 is 3.05 bits per heavy atom. The van der Waals surface area contributed by atoms with Gasteiger partial charge in [0.2, 0.25) is 0 Å². The molecule has 0 radical (unpaired) electrons. The van der Waals surface area contributed by atoms with Gasteiger partial charge in [-0.3, -0.25) is 4.90 Å². The molecule has 104 valence electrons. The highest BCUT2D eigenvalue weighted by molar-refractivity contribution is 5.91. The maximum absolute atomic E-state index is 5.93. The Hall–Kier alpha value is -1.88. The van der Waals surface area contributed by atoms with Gasteiger partial charge in [-0.15, -0.1) is 0 Å². The number of benzene rings is 1. The average molecular weight is 269 g/mol. The van der Waals surface area contributed by atoms with Gasteiger partial charge >= 0.3 is 0 Å². The second-order valence-electron chi connectivity index (χ2n) is 5.75. The van der Waals surface area contributed by atoms with Gasteiger partial charge in [0.1, 0.15) is 12.1 Å². The fraction of sp³-hybridized carbons (Fsp3) is 0.467. The molecule has 5 nitrogen and oxygen atoms in total. The lowest BCUT2D eigenvalue weighted by molar-refractivity contribution is 0.230. The number of rotatable bonds is 1. The van der Waals surface area contributed by atoms with Gasteiger partial charge in [0.15, 0.2) is 0 Å². The number of aromatic nitrogens is 2. The van der Waals surface area contributed by atoms with Crippen LogP contribution in [0.25, 0.3) is 10.9 Å². The molecule has 5 heteroatoms. The number of piperazine rings is 1. The highest BCUT2D eigenvalue weighted by atomic mass is 15.3. The standard InChI is InChI=1S/C15H19N5/c16-11-3-4-14-13(8-11)15(18-10-17-14)20-7-6-19-5-1-2-12(19)9-20/h3-4,8,10,12H,1-2,5-7,9,16H2/t12-/m0/s1. The van der Waals surface area contributed by atoms with E-state index in [0.29, 0.717) is 6.04 Å². The first-order chi connectivity index (χ1) is 9.81. The second kappa shape index (κ2) is 4.59. The molecule has 20 heavy (non-hydrogen) atoms. The molecule has 2 fully saturated rings. The summed E-state index contributed by atoms with van der Waals surface area (Å²) in [5.41, 5.74) is 7.67. The molecule has 1 atom stereocenters. The van der Waals surface area contributed by atoms with Crippen LogP contribution in [0.3, 0.4) is 0 Å². The van der Waals surface area contributed by atoms with Crippen LogP contribution < -0.4 is 10.6 Å². The lowest BCUT2D eigenvalue weighted by Gasteiger charge is -2.38. The van der Waals surface area contributed by atoms with Crippen LogP contribution in [-0.2, 0) is 0 Å². The van der Waals surface area contributed by atoms with E-state index in [4.69, 9.17) is 5.73 Å². The van der Waals surface area contributed by atoms with Gasteiger partial charge in [0.05, 0.1) is 5.52 Å². The van der Waals surface area contributed by atoms with E-state index in [1.807, 2.05) is 18.2 Å². The van der Waals surface area contributed by atoms with Crippen LogP contribution in [0.2, 0.25) is 0 Å². The van der Waals surface area contributed by atoms with Crippen LogP contribution >= 0.6 is 0 Å². The quantitative estimate of drug-likeness (QED) is 0.795.